The molecule has 1 heterocycles. The van der Waals surface area contributed by atoms with Crippen LogP contribution in [0.2, 0.25) is 0 Å². The second-order valence-corrected chi connectivity index (χ2v) is 7.67. The van der Waals surface area contributed by atoms with Crippen LogP contribution in [0.3, 0.4) is 0 Å². The van der Waals surface area contributed by atoms with Gasteiger partial charge in [-0.2, -0.15) is 0 Å². The van der Waals surface area contributed by atoms with Gasteiger partial charge in [0.05, 0.1) is 5.69 Å². The lowest BCUT2D eigenvalue weighted by Crippen LogP contribution is -2.13. The van der Waals surface area contributed by atoms with Gasteiger partial charge in [-0.15, -0.1) is 0 Å². The van der Waals surface area contributed by atoms with E-state index in [1.54, 1.807) is 6.92 Å². The van der Waals surface area contributed by atoms with Crippen molar-refractivity contribution in [1.82, 2.24) is 4.98 Å². The first kappa shape index (κ1) is 20.1. The summed E-state index contributed by atoms with van der Waals surface area (Å²) in [7, 11) is 0. The van der Waals surface area contributed by atoms with Gasteiger partial charge in [0.15, 0.2) is 5.13 Å². The van der Waals surface area contributed by atoms with Crippen LogP contribution in [0, 0.1) is 27.7 Å². The molecule has 2 N–H and O–H groups in total. The van der Waals surface area contributed by atoms with Crippen molar-refractivity contribution in [2.75, 3.05) is 10.6 Å². The number of nitrogens with zero attached hydrogens (tertiary/aromatic N) is 1. The number of amides is 2. The third kappa shape index (κ3) is 5.14. The van der Waals surface area contributed by atoms with Crippen molar-refractivity contribution in [3.8, 4) is 0 Å². The zero-order valence-corrected chi connectivity index (χ0v) is 17.0. The molecule has 1 aromatic carbocycles. The number of hydrogen-bond donors (Lipinski definition) is 2. The minimum Gasteiger partial charge on any atom is -0.321 e. The van der Waals surface area contributed by atoms with Gasteiger partial charge in [-0.25, -0.2) is 4.98 Å². The summed E-state index contributed by atoms with van der Waals surface area (Å²) in [6, 6.07) is 4.09. The van der Waals surface area contributed by atoms with Crippen LogP contribution < -0.4 is 10.6 Å². The first-order chi connectivity index (χ1) is 12.3. The van der Waals surface area contributed by atoms with Gasteiger partial charge in [-0.05, 0) is 45.2 Å². The number of benzene rings is 1. The molecule has 0 saturated heterocycles. The van der Waals surface area contributed by atoms with Crippen LogP contribution in [-0.2, 0) is 4.79 Å². The van der Waals surface area contributed by atoms with Crippen LogP contribution >= 0.6 is 11.3 Å². The number of nitrogens with one attached hydrogen (secondary N) is 2. The van der Waals surface area contributed by atoms with Gasteiger partial charge in [0.2, 0.25) is 5.91 Å². The number of unbranched alkanes of at least 4 members (excludes halogenated alkanes) is 2. The standard InChI is InChI=1S/C20H27N3O2S/c1-6-7-8-9-16(24)22-20-21-15(5)18(26-20)19(25)23-17-13(3)10-12(2)11-14(17)4/h10-11H,6-9H2,1-5H3,(H,23,25)(H,21,22,24). The van der Waals surface area contributed by atoms with Crippen molar-refractivity contribution in [2.45, 2.75) is 60.3 Å². The Bertz CT molecular complexity index is 788. The summed E-state index contributed by atoms with van der Waals surface area (Å²) in [4.78, 5) is 29.5. The summed E-state index contributed by atoms with van der Waals surface area (Å²) in [5.41, 5.74) is 4.68. The Morgan fingerprint density at radius 3 is 2.31 bits per heavy atom. The Morgan fingerprint density at radius 2 is 1.69 bits per heavy atom. The Balaban J connectivity index is 2.09. The Morgan fingerprint density at radius 1 is 1.04 bits per heavy atom. The molecule has 140 valence electrons. The molecule has 0 fully saturated rings. The van der Waals surface area contributed by atoms with Gasteiger partial charge in [-0.1, -0.05) is 48.8 Å². The molecular formula is C20H27N3O2S. The van der Waals surface area contributed by atoms with E-state index in [1.165, 1.54) is 16.9 Å². The summed E-state index contributed by atoms with van der Waals surface area (Å²) in [5, 5.41) is 6.27. The summed E-state index contributed by atoms with van der Waals surface area (Å²) < 4.78 is 0. The van der Waals surface area contributed by atoms with Crippen LogP contribution in [0.25, 0.3) is 0 Å². The number of aromatic nitrogens is 1. The highest BCUT2D eigenvalue weighted by atomic mass is 32.1. The van der Waals surface area contributed by atoms with Crippen molar-refractivity contribution in [3.63, 3.8) is 0 Å². The van der Waals surface area contributed by atoms with Crippen LogP contribution in [-0.4, -0.2) is 16.8 Å². The average molecular weight is 374 g/mol. The van der Waals surface area contributed by atoms with Crippen molar-refractivity contribution in [3.05, 3.63) is 39.4 Å². The van der Waals surface area contributed by atoms with Crippen LogP contribution in [0.4, 0.5) is 10.8 Å². The van der Waals surface area contributed by atoms with Crippen molar-refractivity contribution in [2.24, 2.45) is 0 Å². The molecule has 0 aliphatic rings. The summed E-state index contributed by atoms with van der Waals surface area (Å²) >= 11 is 1.21. The molecule has 0 aliphatic heterocycles. The first-order valence-electron chi connectivity index (χ1n) is 8.98. The number of thiazole rings is 1. The topological polar surface area (TPSA) is 71.1 Å². The molecule has 6 heteroatoms. The van der Waals surface area contributed by atoms with Crippen molar-refractivity contribution < 1.29 is 9.59 Å². The Hall–Kier alpha value is -2.21. The van der Waals surface area contributed by atoms with Crippen LogP contribution in [0.5, 0.6) is 0 Å². The van der Waals surface area contributed by atoms with E-state index in [0.717, 1.165) is 36.1 Å². The zero-order chi connectivity index (χ0) is 19.3. The molecule has 0 spiro atoms. The lowest BCUT2D eigenvalue weighted by molar-refractivity contribution is -0.116. The van der Waals surface area contributed by atoms with Crippen LogP contribution in [0.1, 0.15) is 64.7 Å². The quantitative estimate of drug-likeness (QED) is 0.660. The molecule has 0 aliphatic carbocycles. The molecule has 2 amide bonds. The third-order valence-electron chi connectivity index (χ3n) is 4.17. The number of rotatable bonds is 7. The Kier molecular flexibility index (Phi) is 6.91. The van der Waals surface area contributed by atoms with Gasteiger partial charge in [0, 0.05) is 12.1 Å². The van der Waals surface area contributed by atoms with Crippen molar-refractivity contribution >= 4 is 34.0 Å². The third-order valence-corrected chi connectivity index (χ3v) is 5.24. The first-order valence-corrected chi connectivity index (χ1v) is 9.80. The van der Waals surface area contributed by atoms with Crippen molar-refractivity contribution in [1.29, 1.82) is 0 Å². The van der Waals surface area contributed by atoms with Gasteiger partial charge >= 0.3 is 0 Å². The average Bonchev–Trinajstić information content (AvgIpc) is 2.91. The summed E-state index contributed by atoms with van der Waals surface area (Å²) in [5.74, 6) is -0.245. The van der Waals surface area contributed by atoms with E-state index in [-0.39, 0.29) is 11.8 Å². The number of hydrogen-bond acceptors (Lipinski definition) is 4. The molecular weight excluding hydrogens is 346 g/mol. The predicted octanol–water partition coefficient (Wildman–Crippen LogP) is 5.15. The van der Waals surface area contributed by atoms with E-state index < -0.39 is 0 Å². The lowest BCUT2D eigenvalue weighted by atomic mass is 10.1. The van der Waals surface area contributed by atoms with E-state index in [1.807, 2.05) is 32.9 Å². The summed E-state index contributed by atoms with van der Waals surface area (Å²) in [6.07, 6.45) is 3.46. The highest BCUT2D eigenvalue weighted by Crippen LogP contribution is 2.27. The maximum Gasteiger partial charge on any atom is 0.267 e. The molecule has 0 atom stereocenters. The van der Waals surface area contributed by atoms with E-state index in [9.17, 15) is 9.59 Å². The molecule has 0 radical (unpaired) electrons. The molecule has 0 saturated carbocycles. The summed E-state index contributed by atoms with van der Waals surface area (Å²) in [6.45, 7) is 9.89. The largest absolute Gasteiger partial charge is 0.321 e. The van der Waals surface area contributed by atoms with E-state index in [0.29, 0.717) is 22.1 Å². The maximum absolute atomic E-state index is 12.7. The molecule has 2 aromatic rings. The second kappa shape index (κ2) is 8.94. The highest BCUT2D eigenvalue weighted by Gasteiger charge is 2.18. The Labute approximate surface area is 159 Å². The minimum atomic E-state index is -0.193. The lowest BCUT2D eigenvalue weighted by Gasteiger charge is -2.12. The SMILES string of the molecule is CCCCCC(=O)Nc1nc(C)c(C(=O)Nc2c(C)cc(C)cc2C)s1. The highest BCUT2D eigenvalue weighted by molar-refractivity contribution is 7.17. The predicted molar refractivity (Wildman–Crippen MR) is 108 cm³/mol. The van der Waals surface area contributed by atoms with E-state index >= 15 is 0 Å². The van der Waals surface area contributed by atoms with Gasteiger partial charge in [-0.3, -0.25) is 9.59 Å². The van der Waals surface area contributed by atoms with Gasteiger partial charge < -0.3 is 10.6 Å². The molecule has 1 aromatic heterocycles. The minimum absolute atomic E-state index is 0.0515. The number of carbonyl (C=O) groups is 2. The molecule has 0 unspecified atom stereocenters. The van der Waals surface area contributed by atoms with Crippen LogP contribution in [0.15, 0.2) is 12.1 Å². The second-order valence-electron chi connectivity index (χ2n) is 6.67. The monoisotopic (exact) mass is 373 g/mol. The van der Waals surface area contributed by atoms with E-state index in [2.05, 4.69) is 22.5 Å². The number of anilines is 2. The molecule has 0 bridgehead atoms. The molecule has 26 heavy (non-hydrogen) atoms. The molecule has 5 nitrogen and oxygen atoms in total. The van der Waals surface area contributed by atoms with Gasteiger partial charge in [0.1, 0.15) is 4.88 Å². The normalized spacial score (nSPS) is 10.7. The number of carbonyl (C=O) groups excluding carboxylic acids is 2. The smallest absolute Gasteiger partial charge is 0.267 e. The van der Waals surface area contributed by atoms with Gasteiger partial charge in [0.25, 0.3) is 5.91 Å². The number of aryl methyl sites for hydroxylation is 4. The fourth-order valence-electron chi connectivity index (χ4n) is 2.93. The zero-order valence-electron chi connectivity index (χ0n) is 16.2. The van der Waals surface area contributed by atoms with E-state index in [4.69, 9.17) is 0 Å². The maximum atomic E-state index is 12.7. The fraction of sp³-hybridized carbons (Fsp3) is 0.450. The fourth-order valence-corrected chi connectivity index (χ4v) is 3.80. The molecule has 2 rings (SSSR count).